The molecule has 0 fully saturated rings. The summed E-state index contributed by atoms with van der Waals surface area (Å²) in [6, 6.07) is 9.42. The van der Waals surface area contributed by atoms with Crippen LogP contribution in [0.15, 0.2) is 47.4 Å². The van der Waals surface area contributed by atoms with Gasteiger partial charge in [-0.2, -0.15) is 4.31 Å². The summed E-state index contributed by atoms with van der Waals surface area (Å²) in [5, 5.41) is 3.43. The van der Waals surface area contributed by atoms with Crippen LogP contribution >= 0.6 is 23.2 Å². The van der Waals surface area contributed by atoms with Gasteiger partial charge in [0.15, 0.2) is 6.10 Å². The van der Waals surface area contributed by atoms with Crippen molar-refractivity contribution in [1.82, 2.24) is 4.31 Å². The largest absolute Gasteiger partial charge is 0.449 e. The van der Waals surface area contributed by atoms with Crippen molar-refractivity contribution < 1.29 is 22.7 Å². The fourth-order valence-electron chi connectivity index (χ4n) is 2.96. The van der Waals surface area contributed by atoms with Crippen LogP contribution in [0.3, 0.4) is 0 Å². The highest BCUT2D eigenvalue weighted by molar-refractivity contribution is 7.89. The highest BCUT2D eigenvalue weighted by Gasteiger charge is 2.24. The second kappa shape index (κ2) is 11.7. The zero-order valence-corrected chi connectivity index (χ0v) is 21.1. The third kappa shape index (κ3) is 7.04. The van der Waals surface area contributed by atoms with E-state index in [1.54, 1.807) is 51.1 Å². The molecule has 2 aromatic rings. The Balaban J connectivity index is 2.08. The number of anilines is 1. The van der Waals surface area contributed by atoms with Crippen LogP contribution in [0.25, 0.3) is 6.08 Å². The van der Waals surface area contributed by atoms with E-state index in [0.717, 1.165) is 6.08 Å². The minimum Gasteiger partial charge on any atom is -0.449 e. The average molecular weight is 513 g/mol. The summed E-state index contributed by atoms with van der Waals surface area (Å²) in [5.74, 6) is -1.34. The number of hydrogen-bond acceptors (Lipinski definition) is 5. The summed E-state index contributed by atoms with van der Waals surface area (Å²) in [7, 11) is -3.70. The predicted octanol–water partition coefficient (Wildman–Crippen LogP) is 4.92. The lowest BCUT2D eigenvalue weighted by molar-refractivity contribution is -0.148. The molecule has 0 aliphatic heterocycles. The standard InChI is InChI=1S/C23H26Cl2N2O5S/c1-5-27(6-2)33(30,31)21-14-19(11-7-15(21)3)26-23(29)16(4)32-22(28)12-9-17-8-10-18(24)13-20(17)25/h7-14,16H,5-6H2,1-4H3,(H,26,29)/b12-9+/t16-/m1/s1. The number of rotatable bonds is 9. The topological polar surface area (TPSA) is 92.8 Å². The molecule has 1 N–H and O–H groups in total. The number of halogens is 2. The van der Waals surface area contributed by atoms with E-state index in [0.29, 0.717) is 34.3 Å². The zero-order valence-electron chi connectivity index (χ0n) is 18.8. The summed E-state index contributed by atoms with van der Waals surface area (Å²) in [6.45, 7) is 7.28. The fraction of sp³-hybridized carbons (Fsp3) is 0.304. The number of carbonyl (C=O) groups excluding carboxylic acids is 2. The lowest BCUT2D eigenvalue weighted by Crippen LogP contribution is -2.31. The molecular weight excluding hydrogens is 487 g/mol. The summed E-state index contributed by atoms with van der Waals surface area (Å²) in [6.07, 6.45) is 1.49. The molecule has 2 rings (SSSR count). The van der Waals surface area contributed by atoms with Gasteiger partial charge in [-0.05, 0) is 55.3 Å². The molecule has 0 bridgehead atoms. The van der Waals surface area contributed by atoms with Crippen molar-refractivity contribution in [2.45, 2.75) is 38.7 Å². The first-order chi connectivity index (χ1) is 15.5. The van der Waals surface area contributed by atoms with Crippen LogP contribution < -0.4 is 5.32 Å². The minimum atomic E-state index is -3.70. The molecule has 0 unspecified atom stereocenters. The zero-order chi connectivity index (χ0) is 24.8. The Kier molecular flexibility index (Phi) is 9.48. The summed E-state index contributed by atoms with van der Waals surface area (Å²) >= 11 is 11.9. The molecule has 1 amide bonds. The van der Waals surface area contributed by atoms with Gasteiger partial charge < -0.3 is 10.1 Å². The van der Waals surface area contributed by atoms with E-state index in [4.69, 9.17) is 27.9 Å². The number of esters is 1. The first-order valence-corrected chi connectivity index (χ1v) is 12.4. The number of aryl methyl sites for hydroxylation is 1. The summed E-state index contributed by atoms with van der Waals surface area (Å²) in [5.41, 5.74) is 1.41. The van der Waals surface area contributed by atoms with Gasteiger partial charge in [0.05, 0.1) is 4.90 Å². The third-order valence-electron chi connectivity index (χ3n) is 4.80. The van der Waals surface area contributed by atoms with Crippen LogP contribution in [-0.2, 0) is 24.3 Å². The Labute approximate surface area is 204 Å². The van der Waals surface area contributed by atoms with Crippen LogP contribution in [0.5, 0.6) is 0 Å². The third-order valence-corrected chi connectivity index (χ3v) is 7.56. The molecule has 0 aliphatic rings. The Hall–Kier alpha value is -2.39. The lowest BCUT2D eigenvalue weighted by Gasteiger charge is -2.20. The molecule has 1 atom stereocenters. The molecule has 0 spiro atoms. The first kappa shape index (κ1) is 26.9. The van der Waals surface area contributed by atoms with Gasteiger partial charge in [-0.15, -0.1) is 0 Å². The molecular formula is C23H26Cl2N2O5S. The summed E-state index contributed by atoms with van der Waals surface area (Å²) < 4.78 is 32.2. The van der Waals surface area contributed by atoms with E-state index in [-0.39, 0.29) is 10.6 Å². The molecule has 2 aromatic carbocycles. The van der Waals surface area contributed by atoms with Gasteiger partial charge in [-0.25, -0.2) is 13.2 Å². The van der Waals surface area contributed by atoms with Crippen LogP contribution in [0.2, 0.25) is 10.0 Å². The van der Waals surface area contributed by atoms with Gasteiger partial charge in [0.2, 0.25) is 10.0 Å². The van der Waals surface area contributed by atoms with E-state index in [2.05, 4.69) is 5.32 Å². The van der Waals surface area contributed by atoms with E-state index in [1.807, 2.05) is 0 Å². The SMILES string of the molecule is CCN(CC)S(=O)(=O)c1cc(NC(=O)[C@@H](C)OC(=O)/C=C/c2ccc(Cl)cc2Cl)ccc1C. The monoisotopic (exact) mass is 512 g/mol. The van der Waals surface area contributed by atoms with Gasteiger partial charge in [0.1, 0.15) is 0 Å². The number of benzene rings is 2. The molecule has 0 saturated heterocycles. The van der Waals surface area contributed by atoms with Gasteiger partial charge in [0, 0.05) is 34.9 Å². The molecule has 10 heteroatoms. The van der Waals surface area contributed by atoms with Crippen molar-refractivity contribution in [1.29, 1.82) is 0 Å². The van der Waals surface area contributed by atoms with Gasteiger partial charge in [0.25, 0.3) is 5.91 Å². The molecule has 7 nitrogen and oxygen atoms in total. The maximum absolute atomic E-state index is 12.9. The maximum Gasteiger partial charge on any atom is 0.331 e. The number of nitrogens with one attached hydrogen (secondary N) is 1. The molecule has 0 heterocycles. The lowest BCUT2D eigenvalue weighted by atomic mass is 10.2. The molecule has 0 saturated carbocycles. The highest BCUT2D eigenvalue weighted by Crippen LogP contribution is 2.24. The number of sulfonamides is 1. The van der Waals surface area contributed by atoms with Crippen LogP contribution in [0.4, 0.5) is 5.69 Å². The molecule has 33 heavy (non-hydrogen) atoms. The van der Waals surface area contributed by atoms with Crippen molar-refractivity contribution in [2.75, 3.05) is 18.4 Å². The maximum atomic E-state index is 12.9. The average Bonchev–Trinajstić information content (AvgIpc) is 2.74. The smallest absolute Gasteiger partial charge is 0.331 e. The molecule has 0 radical (unpaired) electrons. The van der Waals surface area contributed by atoms with Crippen LogP contribution in [0.1, 0.15) is 31.9 Å². The van der Waals surface area contributed by atoms with E-state index < -0.39 is 28.0 Å². The van der Waals surface area contributed by atoms with E-state index >= 15 is 0 Å². The Morgan fingerprint density at radius 1 is 1.12 bits per heavy atom. The second-order valence-corrected chi connectivity index (χ2v) is 9.89. The highest BCUT2D eigenvalue weighted by atomic mass is 35.5. The molecule has 0 aromatic heterocycles. The second-order valence-electron chi connectivity index (χ2n) is 7.14. The van der Waals surface area contributed by atoms with Crippen molar-refractivity contribution in [2.24, 2.45) is 0 Å². The normalized spacial score (nSPS) is 12.7. The fourth-order valence-corrected chi connectivity index (χ4v) is 5.14. The van der Waals surface area contributed by atoms with Crippen molar-refractivity contribution in [3.8, 4) is 0 Å². The van der Waals surface area contributed by atoms with Crippen LogP contribution in [-0.4, -0.2) is 43.8 Å². The quantitative estimate of drug-likeness (QED) is 0.380. The Morgan fingerprint density at radius 3 is 2.39 bits per heavy atom. The Bertz CT molecular complexity index is 1160. The molecule has 178 valence electrons. The van der Waals surface area contributed by atoms with E-state index in [1.165, 1.54) is 23.4 Å². The van der Waals surface area contributed by atoms with Crippen molar-refractivity contribution in [3.63, 3.8) is 0 Å². The van der Waals surface area contributed by atoms with Gasteiger partial charge in [-0.3, -0.25) is 4.79 Å². The first-order valence-electron chi connectivity index (χ1n) is 10.2. The number of hydrogen-bond donors (Lipinski definition) is 1. The number of amides is 1. The number of nitrogens with zero attached hydrogens (tertiary/aromatic N) is 1. The number of carbonyl (C=O) groups is 2. The van der Waals surface area contributed by atoms with Crippen molar-refractivity contribution in [3.05, 3.63) is 63.6 Å². The van der Waals surface area contributed by atoms with E-state index in [9.17, 15) is 18.0 Å². The van der Waals surface area contributed by atoms with Crippen LogP contribution in [0, 0.1) is 6.92 Å². The molecule has 0 aliphatic carbocycles. The van der Waals surface area contributed by atoms with Crippen molar-refractivity contribution >= 4 is 56.9 Å². The minimum absolute atomic E-state index is 0.108. The summed E-state index contributed by atoms with van der Waals surface area (Å²) in [4.78, 5) is 24.7. The van der Waals surface area contributed by atoms with Gasteiger partial charge in [-0.1, -0.05) is 49.2 Å². The van der Waals surface area contributed by atoms with Gasteiger partial charge >= 0.3 is 5.97 Å². The Morgan fingerprint density at radius 2 is 1.79 bits per heavy atom. The number of ether oxygens (including phenoxy) is 1. The predicted molar refractivity (Wildman–Crippen MR) is 131 cm³/mol.